The molecule has 0 radical (unpaired) electrons. The molecule has 1 aromatic heterocycles. The van der Waals surface area contributed by atoms with Crippen LogP contribution >= 0.6 is 0 Å². The lowest BCUT2D eigenvalue weighted by molar-refractivity contribution is -0.154. The maximum absolute atomic E-state index is 12.8. The van der Waals surface area contributed by atoms with E-state index in [0.717, 1.165) is 39.9 Å². The molecule has 1 heterocycles. The molecule has 10 heteroatoms. The monoisotopic (exact) mass is 963 g/mol. The number of carbonyl (C=O) groups excluding carboxylic acids is 2. The molecule has 6 aromatic carbocycles. The third-order valence-corrected chi connectivity index (χ3v) is 12.7. The van der Waals surface area contributed by atoms with Gasteiger partial charge in [0.15, 0.2) is 0 Å². The SMILES string of the molecule is C#Cc1ccc(C)cc1.CCOC(=O)C(C)(C)CC(CC(N=[N+]=[N-])c1ccccc1)c1ccccc1.CCOC(=O)C(C)(C)CC(CC(c1ccccc1)n1cc(-c2ccc(C)cc2)nn1)c1ccccc1. The number of aryl methyl sites for hydroxylation is 2. The summed E-state index contributed by atoms with van der Waals surface area (Å²) in [5.41, 5.74) is 17.6. The molecule has 0 aliphatic heterocycles. The number of hydrogen-bond acceptors (Lipinski definition) is 7. The highest BCUT2D eigenvalue weighted by molar-refractivity contribution is 5.76. The molecule has 0 aliphatic carbocycles. The Morgan fingerprint density at radius 3 is 1.47 bits per heavy atom. The molecule has 0 bridgehead atoms. The summed E-state index contributed by atoms with van der Waals surface area (Å²) in [5, 5.41) is 13.1. The van der Waals surface area contributed by atoms with E-state index >= 15 is 0 Å². The average molecular weight is 963 g/mol. The lowest BCUT2D eigenvalue weighted by Gasteiger charge is -2.31. The van der Waals surface area contributed by atoms with Gasteiger partial charge in [0.25, 0.3) is 0 Å². The molecule has 0 amide bonds. The largest absolute Gasteiger partial charge is 0.466 e. The highest BCUT2D eigenvalue weighted by atomic mass is 16.5. The maximum atomic E-state index is 12.8. The maximum Gasteiger partial charge on any atom is 0.311 e. The number of rotatable bonds is 19. The molecular weight excluding hydrogens is 893 g/mol. The predicted octanol–water partition coefficient (Wildman–Crippen LogP) is 15.2. The third-order valence-electron chi connectivity index (χ3n) is 12.7. The highest BCUT2D eigenvalue weighted by Crippen LogP contribution is 2.41. The first-order valence-electron chi connectivity index (χ1n) is 24.8. The molecular formula is C62H70N6O4. The Balaban J connectivity index is 0.000000234. The van der Waals surface area contributed by atoms with Crippen LogP contribution < -0.4 is 0 Å². The molecule has 4 atom stereocenters. The minimum Gasteiger partial charge on any atom is -0.466 e. The van der Waals surface area contributed by atoms with E-state index in [2.05, 4.69) is 118 Å². The molecule has 0 saturated carbocycles. The van der Waals surface area contributed by atoms with Crippen LogP contribution in [0.25, 0.3) is 21.7 Å². The van der Waals surface area contributed by atoms with Crippen molar-refractivity contribution in [3.05, 3.63) is 225 Å². The van der Waals surface area contributed by atoms with Crippen LogP contribution in [0.5, 0.6) is 0 Å². The average Bonchev–Trinajstić information content (AvgIpc) is 3.89. The molecule has 0 fully saturated rings. The van der Waals surface area contributed by atoms with Gasteiger partial charge in [0.2, 0.25) is 0 Å². The molecule has 10 nitrogen and oxygen atoms in total. The molecule has 0 saturated heterocycles. The van der Waals surface area contributed by atoms with Gasteiger partial charge in [0.05, 0.1) is 42.3 Å². The van der Waals surface area contributed by atoms with Gasteiger partial charge in [-0.2, -0.15) is 0 Å². The van der Waals surface area contributed by atoms with E-state index in [0.29, 0.717) is 32.5 Å². The summed E-state index contributed by atoms with van der Waals surface area (Å²) in [6.07, 6.45) is 9.85. The van der Waals surface area contributed by atoms with Gasteiger partial charge in [-0.3, -0.25) is 9.59 Å². The topological polar surface area (TPSA) is 132 Å². The predicted molar refractivity (Wildman–Crippen MR) is 290 cm³/mol. The number of aromatic nitrogens is 3. The van der Waals surface area contributed by atoms with Gasteiger partial charge in [-0.25, -0.2) is 4.68 Å². The number of benzene rings is 6. The van der Waals surface area contributed by atoms with Gasteiger partial charge in [-0.15, -0.1) is 11.5 Å². The van der Waals surface area contributed by atoms with E-state index in [-0.39, 0.29) is 35.9 Å². The summed E-state index contributed by atoms with van der Waals surface area (Å²) < 4.78 is 12.6. The van der Waals surface area contributed by atoms with E-state index in [1.807, 2.05) is 144 Å². The molecule has 372 valence electrons. The van der Waals surface area contributed by atoms with Crippen molar-refractivity contribution in [1.29, 1.82) is 0 Å². The normalized spacial score (nSPS) is 12.7. The van der Waals surface area contributed by atoms with Crippen molar-refractivity contribution < 1.29 is 19.1 Å². The van der Waals surface area contributed by atoms with Crippen molar-refractivity contribution in [2.75, 3.05) is 13.2 Å². The van der Waals surface area contributed by atoms with Crippen molar-refractivity contribution >= 4 is 11.9 Å². The highest BCUT2D eigenvalue weighted by Gasteiger charge is 2.36. The first kappa shape index (κ1) is 55.2. The van der Waals surface area contributed by atoms with Crippen molar-refractivity contribution in [2.45, 2.75) is 105 Å². The second-order valence-corrected chi connectivity index (χ2v) is 19.3. The van der Waals surface area contributed by atoms with E-state index in [1.54, 1.807) is 0 Å². The first-order valence-corrected chi connectivity index (χ1v) is 24.8. The van der Waals surface area contributed by atoms with Crippen LogP contribution in [0, 0.1) is 37.0 Å². The smallest absolute Gasteiger partial charge is 0.311 e. The van der Waals surface area contributed by atoms with Crippen LogP contribution in [0.1, 0.15) is 130 Å². The van der Waals surface area contributed by atoms with Crippen molar-refractivity contribution in [3.63, 3.8) is 0 Å². The molecule has 0 aliphatic rings. The minimum atomic E-state index is -0.631. The summed E-state index contributed by atoms with van der Waals surface area (Å²) in [6.45, 7) is 16.3. The van der Waals surface area contributed by atoms with Crippen LogP contribution in [0.4, 0.5) is 0 Å². The Hall–Kier alpha value is -7.73. The number of nitrogens with zero attached hydrogens (tertiary/aromatic N) is 6. The number of azide groups is 1. The van der Waals surface area contributed by atoms with Crippen molar-refractivity contribution in [3.8, 4) is 23.6 Å². The van der Waals surface area contributed by atoms with Crippen LogP contribution in [-0.2, 0) is 19.1 Å². The number of hydrogen-bond donors (Lipinski definition) is 0. The lowest BCUT2D eigenvalue weighted by atomic mass is 9.76. The quantitative estimate of drug-likeness (QED) is 0.0261. The number of carbonyl (C=O) groups is 2. The third kappa shape index (κ3) is 16.7. The fourth-order valence-corrected chi connectivity index (χ4v) is 8.71. The Bertz CT molecular complexity index is 2800. The second kappa shape index (κ2) is 27.6. The van der Waals surface area contributed by atoms with Crippen molar-refractivity contribution in [1.82, 2.24) is 15.0 Å². The Morgan fingerprint density at radius 2 is 1.04 bits per heavy atom. The fraction of sp³-hybridized carbons (Fsp3) is 0.323. The van der Waals surface area contributed by atoms with Gasteiger partial charge in [-0.1, -0.05) is 185 Å². The zero-order valence-electron chi connectivity index (χ0n) is 43.2. The molecule has 0 N–H and O–H groups in total. The van der Waals surface area contributed by atoms with Crippen molar-refractivity contribution in [2.24, 2.45) is 15.9 Å². The molecule has 72 heavy (non-hydrogen) atoms. The Morgan fingerprint density at radius 1 is 0.625 bits per heavy atom. The van der Waals surface area contributed by atoms with E-state index < -0.39 is 10.8 Å². The number of esters is 2. The van der Waals surface area contributed by atoms with Crippen LogP contribution in [0.3, 0.4) is 0 Å². The van der Waals surface area contributed by atoms with Gasteiger partial charge < -0.3 is 9.47 Å². The summed E-state index contributed by atoms with van der Waals surface area (Å²) in [6, 6.07) is 56.6. The minimum absolute atomic E-state index is 0.0406. The molecule has 0 spiro atoms. The first-order chi connectivity index (χ1) is 34.7. The Labute approximate surface area is 427 Å². The fourth-order valence-electron chi connectivity index (χ4n) is 8.71. The summed E-state index contributed by atoms with van der Waals surface area (Å²) in [7, 11) is 0. The molecule has 7 aromatic rings. The number of ether oxygens (including phenoxy) is 2. The zero-order valence-corrected chi connectivity index (χ0v) is 43.2. The summed E-state index contributed by atoms with van der Waals surface area (Å²) in [4.78, 5) is 28.3. The van der Waals surface area contributed by atoms with Crippen LogP contribution in [-0.4, -0.2) is 40.1 Å². The van der Waals surface area contributed by atoms with E-state index in [4.69, 9.17) is 21.4 Å². The van der Waals surface area contributed by atoms with Crippen LogP contribution in [0.2, 0.25) is 0 Å². The van der Waals surface area contributed by atoms with Gasteiger partial charge >= 0.3 is 11.9 Å². The van der Waals surface area contributed by atoms with Gasteiger partial charge in [-0.05, 0) is 133 Å². The van der Waals surface area contributed by atoms with Gasteiger partial charge in [0.1, 0.15) is 5.69 Å². The van der Waals surface area contributed by atoms with Crippen LogP contribution in [0.15, 0.2) is 181 Å². The second-order valence-electron chi connectivity index (χ2n) is 19.3. The summed E-state index contributed by atoms with van der Waals surface area (Å²) >= 11 is 0. The number of terminal acetylenes is 1. The lowest BCUT2D eigenvalue weighted by Crippen LogP contribution is -2.29. The molecule has 4 unspecified atom stereocenters. The standard InChI is InChI=1S/C31H35N3O2.C22H27N3O2.C9H8/c1-5-36-30(35)31(3,4)21-27(24-12-8-6-9-13-24)20-29(26-14-10-7-11-15-26)34-22-28(32-33-34)25-18-16-23(2)17-19-25;1-4-27-21(26)22(2,3)16-19(17-11-7-5-8-12-17)15-20(24-25-23)18-13-9-6-10-14-18;1-3-9-6-4-8(2)5-7-9/h6-19,22,27,29H,5,20-21H2,1-4H3;5-14,19-20H,4,15-16H2,1-3H3;1,4-7H,2H3. The van der Waals surface area contributed by atoms with E-state index in [1.165, 1.54) is 16.7 Å². The zero-order chi connectivity index (χ0) is 51.9. The van der Waals surface area contributed by atoms with E-state index in [9.17, 15) is 9.59 Å². The Kier molecular flexibility index (Phi) is 21.2. The van der Waals surface area contributed by atoms with Gasteiger partial charge in [0, 0.05) is 16.0 Å². The molecule has 7 rings (SSSR count). The summed E-state index contributed by atoms with van der Waals surface area (Å²) in [5.74, 6) is 2.36.